The lowest BCUT2D eigenvalue weighted by Crippen LogP contribution is -2.28. The SMILES string of the molecule is COc1ccccc1CNC(=O)COC(=O)c1sc2nc3n(c(=O)c2c1C)CCCCC3. The van der Waals surface area contributed by atoms with Crippen LogP contribution in [0.5, 0.6) is 5.75 Å². The number of esters is 1. The number of carbonyl (C=O) groups excluding carboxylic acids is 2. The van der Waals surface area contributed by atoms with Gasteiger partial charge in [0, 0.05) is 25.1 Å². The van der Waals surface area contributed by atoms with Gasteiger partial charge < -0.3 is 14.8 Å². The number of fused-ring (bicyclic) bond motifs is 2. The molecular weight excluding hydrogens is 430 g/mol. The second-order valence-electron chi connectivity index (χ2n) is 7.70. The molecule has 3 aromatic rings. The Morgan fingerprint density at radius 2 is 2.03 bits per heavy atom. The van der Waals surface area contributed by atoms with Gasteiger partial charge in [0.2, 0.25) is 0 Å². The number of nitrogens with one attached hydrogen (secondary N) is 1. The number of aryl methyl sites for hydroxylation is 2. The third-order valence-corrected chi connectivity index (χ3v) is 6.77. The molecule has 0 unspecified atom stereocenters. The van der Waals surface area contributed by atoms with Crippen LogP contribution in [0.4, 0.5) is 0 Å². The quantitative estimate of drug-likeness (QED) is 0.574. The topological polar surface area (TPSA) is 99.5 Å². The lowest BCUT2D eigenvalue weighted by Gasteiger charge is -2.09. The number of benzene rings is 1. The molecule has 32 heavy (non-hydrogen) atoms. The van der Waals surface area contributed by atoms with Gasteiger partial charge in [0.05, 0.1) is 12.5 Å². The van der Waals surface area contributed by atoms with E-state index in [0.29, 0.717) is 33.0 Å². The molecule has 168 valence electrons. The second-order valence-corrected chi connectivity index (χ2v) is 8.70. The third-order valence-electron chi connectivity index (χ3n) is 5.60. The normalized spacial score (nSPS) is 13.3. The van der Waals surface area contributed by atoms with Gasteiger partial charge >= 0.3 is 5.97 Å². The highest BCUT2D eigenvalue weighted by atomic mass is 32.1. The number of ether oxygens (including phenoxy) is 2. The Labute approximate surface area is 189 Å². The molecule has 0 radical (unpaired) electrons. The minimum absolute atomic E-state index is 0.103. The maximum atomic E-state index is 13.0. The molecule has 0 bridgehead atoms. The monoisotopic (exact) mass is 455 g/mol. The maximum absolute atomic E-state index is 13.0. The first-order chi connectivity index (χ1) is 15.5. The zero-order chi connectivity index (χ0) is 22.7. The van der Waals surface area contributed by atoms with Gasteiger partial charge in [-0.3, -0.25) is 14.2 Å². The second kappa shape index (κ2) is 9.52. The standard InChI is InChI=1S/C23H25N3O5S/c1-14-19-21(25-17-10-4-3-7-11-26(17)22(19)28)32-20(14)23(29)31-13-18(27)24-12-15-8-5-6-9-16(15)30-2/h5-6,8-9H,3-4,7,10-13H2,1-2H3,(H,24,27). The van der Waals surface area contributed by atoms with Crippen LogP contribution in [0.1, 0.15) is 45.9 Å². The molecule has 1 N–H and O–H groups in total. The van der Waals surface area contributed by atoms with Crippen molar-refractivity contribution in [3.63, 3.8) is 0 Å². The highest BCUT2D eigenvalue weighted by Gasteiger charge is 2.23. The number of amides is 1. The van der Waals surface area contributed by atoms with E-state index < -0.39 is 18.5 Å². The number of hydrogen-bond acceptors (Lipinski definition) is 7. The average molecular weight is 456 g/mol. The van der Waals surface area contributed by atoms with Gasteiger partial charge in [-0.15, -0.1) is 11.3 Å². The Morgan fingerprint density at radius 3 is 2.84 bits per heavy atom. The summed E-state index contributed by atoms with van der Waals surface area (Å²) in [6.07, 6.45) is 3.78. The Kier molecular flexibility index (Phi) is 6.55. The smallest absolute Gasteiger partial charge is 0.349 e. The van der Waals surface area contributed by atoms with E-state index >= 15 is 0 Å². The van der Waals surface area contributed by atoms with Crippen molar-refractivity contribution in [3.05, 3.63) is 56.4 Å². The molecule has 2 aromatic heterocycles. The van der Waals surface area contributed by atoms with E-state index in [1.807, 2.05) is 24.3 Å². The van der Waals surface area contributed by atoms with Gasteiger partial charge in [0.15, 0.2) is 6.61 Å². The summed E-state index contributed by atoms with van der Waals surface area (Å²) in [7, 11) is 1.56. The Hall–Kier alpha value is -3.20. The minimum atomic E-state index is -0.627. The first-order valence-electron chi connectivity index (χ1n) is 10.6. The first kappa shape index (κ1) is 22.0. The summed E-state index contributed by atoms with van der Waals surface area (Å²) >= 11 is 1.15. The van der Waals surface area contributed by atoms with E-state index in [2.05, 4.69) is 10.3 Å². The Morgan fingerprint density at radius 1 is 1.22 bits per heavy atom. The van der Waals surface area contributed by atoms with Gasteiger partial charge in [0.1, 0.15) is 21.3 Å². The van der Waals surface area contributed by atoms with Crippen LogP contribution in [0, 0.1) is 6.92 Å². The molecule has 3 heterocycles. The molecule has 8 nitrogen and oxygen atoms in total. The van der Waals surface area contributed by atoms with Crippen molar-refractivity contribution in [1.29, 1.82) is 0 Å². The number of para-hydroxylation sites is 1. The minimum Gasteiger partial charge on any atom is -0.496 e. The summed E-state index contributed by atoms with van der Waals surface area (Å²) in [5.41, 5.74) is 1.28. The van der Waals surface area contributed by atoms with Gasteiger partial charge in [-0.25, -0.2) is 9.78 Å². The predicted octanol–water partition coefficient (Wildman–Crippen LogP) is 2.97. The van der Waals surface area contributed by atoms with Crippen molar-refractivity contribution in [2.24, 2.45) is 0 Å². The lowest BCUT2D eigenvalue weighted by molar-refractivity contribution is -0.124. The van der Waals surface area contributed by atoms with Crippen LogP contribution in [0.25, 0.3) is 10.2 Å². The fraction of sp³-hybridized carbons (Fsp3) is 0.391. The number of hydrogen-bond donors (Lipinski definition) is 1. The fourth-order valence-corrected chi connectivity index (χ4v) is 4.98. The number of thiophene rings is 1. The van der Waals surface area contributed by atoms with Crippen molar-refractivity contribution >= 4 is 33.4 Å². The van der Waals surface area contributed by atoms with E-state index in [1.165, 1.54) is 0 Å². The summed E-state index contributed by atoms with van der Waals surface area (Å²) in [5.74, 6) is 0.394. The van der Waals surface area contributed by atoms with Gasteiger partial charge in [-0.2, -0.15) is 0 Å². The van der Waals surface area contributed by atoms with Crippen LogP contribution in [0.15, 0.2) is 29.1 Å². The predicted molar refractivity (Wildman–Crippen MR) is 121 cm³/mol. The molecule has 0 atom stereocenters. The van der Waals surface area contributed by atoms with E-state index in [0.717, 1.165) is 48.4 Å². The number of carbonyl (C=O) groups is 2. The van der Waals surface area contributed by atoms with E-state index in [4.69, 9.17) is 9.47 Å². The molecule has 1 aliphatic heterocycles. The molecular formula is C23H25N3O5S. The zero-order valence-corrected chi connectivity index (χ0v) is 18.9. The number of aromatic nitrogens is 2. The molecule has 1 amide bonds. The van der Waals surface area contributed by atoms with Crippen molar-refractivity contribution < 1.29 is 19.1 Å². The molecule has 9 heteroatoms. The lowest BCUT2D eigenvalue weighted by atomic mass is 10.2. The van der Waals surface area contributed by atoms with E-state index in [-0.39, 0.29) is 12.1 Å². The number of methoxy groups -OCH3 is 1. The van der Waals surface area contributed by atoms with Gasteiger partial charge in [0.25, 0.3) is 11.5 Å². The summed E-state index contributed by atoms with van der Waals surface area (Å²) in [6.45, 7) is 2.22. The third kappa shape index (κ3) is 4.38. The Bertz CT molecular complexity index is 1230. The van der Waals surface area contributed by atoms with Crippen molar-refractivity contribution in [1.82, 2.24) is 14.9 Å². The molecule has 0 spiro atoms. The summed E-state index contributed by atoms with van der Waals surface area (Å²) in [5, 5.41) is 3.18. The molecule has 4 rings (SSSR count). The van der Waals surface area contributed by atoms with Gasteiger partial charge in [-0.1, -0.05) is 24.6 Å². The highest BCUT2D eigenvalue weighted by molar-refractivity contribution is 7.20. The van der Waals surface area contributed by atoms with E-state index in [1.54, 1.807) is 18.6 Å². The molecule has 0 aliphatic carbocycles. The summed E-state index contributed by atoms with van der Waals surface area (Å²) in [4.78, 5) is 43.4. The highest BCUT2D eigenvalue weighted by Crippen LogP contribution is 2.29. The largest absolute Gasteiger partial charge is 0.496 e. The molecule has 0 saturated heterocycles. The zero-order valence-electron chi connectivity index (χ0n) is 18.1. The molecule has 1 aromatic carbocycles. The molecule has 0 saturated carbocycles. The first-order valence-corrected chi connectivity index (χ1v) is 11.4. The number of nitrogens with zero attached hydrogens (tertiary/aromatic N) is 2. The Balaban J connectivity index is 1.45. The summed E-state index contributed by atoms with van der Waals surface area (Å²) in [6, 6.07) is 7.35. The van der Waals surface area contributed by atoms with Crippen molar-refractivity contribution in [3.8, 4) is 5.75 Å². The molecule has 0 fully saturated rings. The van der Waals surface area contributed by atoms with E-state index in [9.17, 15) is 14.4 Å². The van der Waals surface area contributed by atoms with Crippen LogP contribution in [-0.2, 0) is 29.0 Å². The molecule has 1 aliphatic rings. The maximum Gasteiger partial charge on any atom is 0.349 e. The van der Waals surface area contributed by atoms with Crippen LogP contribution in [0.3, 0.4) is 0 Å². The van der Waals surface area contributed by atoms with Crippen LogP contribution in [-0.4, -0.2) is 35.1 Å². The van der Waals surface area contributed by atoms with Crippen molar-refractivity contribution in [2.75, 3.05) is 13.7 Å². The van der Waals surface area contributed by atoms with Crippen LogP contribution < -0.4 is 15.6 Å². The summed E-state index contributed by atoms with van der Waals surface area (Å²) < 4.78 is 12.2. The van der Waals surface area contributed by atoms with Crippen molar-refractivity contribution in [2.45, 2.75) is 45.7 Å². The average Bonchev–Trinajstić information content (AvgIpc) is 2.97. The van der Waals surface area contributed by atoms with Crippen LogP contribution in [0.2, 0.25) is 0 Å². The van der Waals surface area contributed by atoms with Gasteiger partial charge in [-0.05, 0) is 31.4 Å². The van der Waals surface area contributed by atoms with Crippen LogP contribution >= 0.6 is 11.3 Å². The fourth-order valence-electron chi connectivity index (χ4n) is 3.90. The number of rotatable bonds is 6.